The number of aliphatic hydroxyl groups is 1. The first-order valence-corrected chi connectivity index (χ1v) is 5.21. The molecule has 0 bridgehead atoms. The summed E-state index contributed by atoms with van der Waals surface area (Å²) >= 11 is 0. The van der Waals surface area contributed by atoms with E-state index in [1.165, 1.54) is 0 Å². The molecule has 2 atom stereocenters. The average Bonchev–Trinajstić information content (AvgIpc) is 2.00. The van der Waals surface area contributed by atoms with Gasteiger partial charge < -0.3 is 15.6 Å². The maximum atomic E-state index is 11.6. The molecule has 0 amide bonds. The highest BCUT2D eigenvalue weighted by atomic mass is 16.5. The Kier molecular flexibility index (Phi) is 2.08. The maximum Gasteiger partial charge on any atom is 0.326 e. The smallest absolute Gasteiger partial charge is 0.326 e. The third kappa shape index (κ3) is 0.929. The summed E-state index contributed by atoms with van der Waals surface area (Å²) in [5, 5.41) is 9.68. The summed E-state index contributed by atoms with van der Waals surface area (Å²) in [6, 6.07) is 0. The lowest BCUT2D eigenvalue weighted by Gasteiger charge is -2.63. The third-order valence-electron chi connectivity index (χ3n) is 3.93. The van der Waals surface area contributed by atoms with Crippen LogP contribution in [0.4, 0.5) is 0 Å². The highest BCUT2D eigenvalue weighted by Gasteiger charge is 2.70. The second-order valence-electron chi connectivity index (χ2n) is 4.42. The van der Waals surface area contributed by atoms with Gasteiger partial charge in [-0.1, -0.05) is 6.42 Å². The Morgan fingerprint density at radius 3 is 2.64 bits per heavy atom. The molecule has 4 nitrogen and oxygen atoms in total. The summed E-state index contributed by atoms with van der Waals surface area (Å²) in [4.78, 5) is 11.6. The number of hydrogen-bond donors (Lipinski definition) is 2. The van der Waals surface area contributed by atoms with Gasteiger partial charge in [-0.2, -0.15) is 0 Å². The summed E-state index contributed by atoms with van der Waals surface area (Å²) in [6.45, 7) is 2.12. The molecule has 0 heterocycles. The van der Waals surface area contributed by atoms with Crippen LogP contribution in [-0.2, 0) is 9.53 Å². The second-order valence-corrected chi connectivity index (χ2v) is 4.42. The fourth-order valence-corrected chi connectivity index (χ4v) is 2.75. The van der Waals surface area contributed by atoms with Crippen molar-refractivity contribution in [3.8, 4) is 0 Å². The Morgan fingerprint density at radius 1 is 1.64 bits per heavy atom. The van der Waals surface area contributed by atoms with Crippen LogP contribution in [0.25, 0.3) is 0 Å². The molecule has 3 N–H and O–H groups in total. The lowest BCUT2D eigenvalue weighted by molar-refractivity contribution is -0.208. The second kappa shape index (κ2) is 2.94. The van der Waals surface area contributed by atoms with Crippen LogP contribution in [0.2, 0.25) is 0 Å². The van der Waals surface area contributed by atoms with Crippen LogP contribution in [0.3, 0.4) is 0 Å². The molecule has 2 fully saturated rings. The van der Waals surface area contributed by atoms with Crippen molar-refractivity contribution in [1.29, 1.82) is 0 Å². The maximum absolute atomic E-state index is 11.6. The Hall–Kier alpha value is -0.610. The normalized spacial score (nSPS) is 38.6. The van der Waals surface area contributed by atoms with E-state index in [2.05, 4.69) is 0 Å². The summed E-state index contributed by atoms with van der Waals surface area (Å²) in [5.41, 5.74) is 4.75. The largest absolute Gasteiger partial charge is 0.465 e. The minimum atomic E-state index is -0.916. The average molecular weight is 199 g/mol. The molecular weight excluding hydrogens is 182 g/mol. The van der Waals surface area contributed by atoms with Crippen LogP contribution < -0.4 is 5.73 Å². The van der Waals surface area contributed by atoms with Gasteiger partial charge in [-0.3, -0.25) is 4.79 Å². The van der Waals surface area contributed by atoms with E-state index >= 15 is 0 Å². The van der Waals surface area contributed by atoms with Crippen molar-refractivity contribution in [1.82, 2.24) is 0 Å². The molecule has 2 aliphatic rings. The quantitative estimate of drug-likeness (QED) is 0.622. The lowest BCUT2D eigenvalue weighted by atomic mass is 9.44. The molecule has 0 aromatic carbocycles. The van der Waals surface area contributed by atoms with Gasteiger partial charge in [0.25, 0.3) is 0 Å². The highest BCUT2D eigenvalue weighted by Crippen LogP contribution is 2.61. The number of nitrogens with two attached hydrogens (primary N) is 1. The van der Waals surface area contributed by atoms with Gasteiger partial charge in [0.2, 0.25) is 0 Å². The standard InChI is InChI=1S/C10H17NO3/c1-2-14-8(13)10(11)6-7(12)9(10)4-3-5-9/h7,12H,2-6,11H2,1H3. The van der Waals surface area contributed by atoms with Crippen LogP contribution in [0.15, 0.2) is 0 Å². The SMILES string of the molecule is CCOC(=O)C1(N)CC(O)C12CCC2. The Bertz CT molecular complexity index is 262. The van der Waals surface area contributed by atoms with E-state index in [0.717, 1.165) is 19.3 Å². The number of rotatable bonds is 2. The summed E-state index contributed by atoms with van der Waals surface area (Å²) < 4.78 is 4.95. The first kappa shape index (κ1) is 9.93. The van der Waals surface area contributed by atoms with Crippen LogP contribution in [0.5, 0.6) is 0 Å². The minimum Gasteiger partial charge on any atom is -0.465 e. The molecule has 14 heavy (non-hydrogen) atoms. The minimum absolute atomic E-state index is 0.343. The third-order valence-corrected chi connectivity index (χ3v) is 3.93. The predicted octanol–water partition coefficient (Wildman–Crippen LogP) is 0.182. The molecule has 80 valence electrons. The van der Waals surface area contributed by atoms with E-state index in [9.17, 15) is 9.90 Å². The van der Waals surface area contributed by atoms with Gasteiger partial charge in [-0.25, -0.2) is 0 Å². The first-order chi connectivity index (χ1) is 6.57. The van der Waals surface area contributed by atoms with Crippen molar-refractivity contribution in [3.05, 3.63) is 0 Å². The molecule has 1 spiro atoms. The highest BCUT2D eigenvalue weighted by molar-refractivity contribution is 5.84. The zero-order valence-corrected chi connectivity index (χ0v) is 8.45. The van der Waals surface area contributed by atoms with E-state index in [0.29, 0.717) is 13.0 Å². The molecule has 0 aromatic rings. The monoisotopic (exact) mass is 199 g/mol. The fraction of sp³-hybridized carbons (Fsp3) is 0.900. The summed E-state index contributed by atoms with van der Waals surface area (Å²) in [5.74, 6) is -0.343. The Balaban J connectivity index is 2.13. The number of hydrogen-bond acceptors (Lipinski definition) is 4. The van der Waals surface area contributed by atoms with Gasteiger partial charge >= 0.3 is 5.97 Å². The van der Waals surface area contributed by atoms with Crippen LogP contribution in [0.1, 0.15) is 32.6 Å². The summed E-state index contributed by atoms with van der Waals surface area (Å²) in [7, 11) is 0. The van der Waals surface area contributed by atoms with Crippen LogP contribution in [-0.4, -0.2) is 29.3 Å². The molecule has 0 aromatic heterocycles. The van der Waals surface area contributed by atoms with E-state index in [1.54, 1.807) is 6.92 Å². The van der Waals surface area contributed by atoms with E-state index in [4.69, 9.17) is 10.5 Å². The van der Waals surface area contributed by atoms with Gasteiger partial charge in [0.1, 0.15) is 5.54 Å². The van der Waals surface area contributed by atoms with Crippen molar-refractivity contribution in [2.75, 3.05) is 6.61 Å². The molecule has 2 rings (SSSR count). The number of ether oxygens (including phenoxy) is 1. The van der Waals surface area contributed by atoms with Gasteiger partial charge in [0.05, 0.1) is 12.7 Å². The van der Waals surface area contributed by atoms with E-state index in [-0.39, 0.29) is 11.4 Å². The zero-order chi connectivity index (χ0) is 10.4. The first-order valence-electron chi connectivity index (χ1n) is 5.21. The topological polar surface area (TPSA) is 72.5 Å². The van der Waals surface area contributed by atoms with Gasteiger partial charge in [-0.15, -0.1) is 0 Å². The van der Waals surface area contributed by atoms with E-state index in [1.807, 2.05) is 0 Å². The van der Waals surface area contributed by atoms with Crippen LogP contribution in [0, 0.1) is 5.41 Å². The molecule has 2 saturated carbocycles. The number of esters is 1. The molecule has 2 unspecified atom stereocenters. The van der Waals surface area contributed by atoms with Gasteiger partial charge in [0.15, 0.2) is 0 Å². The number of carbonyl (C=O) groups is 1. The van der Waals surface area contributed by atoms with Crippen LogP contribution >= 0.6 is 0 Å². The van der Waals surface area contributed by atoms with Crippen molar-refractivity contribution in [2.45, 2.75) is 44.2 Å². The van der Waals surface area contributed by atoms with Crippen molar-refractivity contribution >= 4 is 5.97 Å². The molecule has 0 saturated heterocycles. The predicted molar refractivity (Wildman–Crippen MR) is 50.5 cm³/mol. The molecular formula is C10H17NO3. The van der Waals surface area contributed by atoms with Crippen molar-refractivity contribution < 1.29 is 14.6 Å². The van der Waals surface area contributed by atoms with E-state index < -0.39 is 11.6 Å². The van der Waals surface area contributed by atoms with Gasteiger partial charge in [0, 0.05) is 11.8 Å². The van der Waals surface area contributed by atoms with Gasteiger partial charge in [-0.05, 0) is 19.8 Å². The van der Waals surface area contributed by atoms with Crippen molar-refractivity contribution in [3.63, 3.8) is 0 Å². The Morgan fingerprint density at radius 2 is 2.29 bits per heavy atom. The molecule has 0 aliphatic heterocycles. The lowest BCUT2D eigenvalue weighted by Crippen LogP contribution is -2.77. The summed E-state index contributed by atoms with van der Waals surface area (Å²) in [6.07, 6.45) is 2.69. The number of aliphatic hydroxyl groups excluding tert-OH is 1. The molecule has 0 radical (unpaired) electrons. The Labute approximate surface area is 83.4 Å². The number of carbonyl (C=O) groups excluding carboxylic acids is 1. The molecule has 2 aliphatic carbocycles. The fourth-order valence-electron chi connectivity index (χ4n) is 2.75. The van der Waals surface area contributed by atoms with Crippen molar-refractivity contribution in [2.24, 2.45) is 11.1 Å². The zero-order valence-electron chi connectivity index (χ0n) is 8.45. The molecule has 4 heteroatoms.